The normalized spacial score (nSPS) is 32.2. The molecule has 1 fully saturated rings. The van der Waals surface area contributed by atoms with Crippen LogP contribution in [-0.4, -0.2) is 29.6 Å². The maximum Gasteiger partial charge on any atom is 0.115 e. The van der Waals surface area contributed by atoms with E-state index >= 15 is 0 Å². The number of nitrogens with zero attached hydrogens (tertiary/aromatic N) is 1. The van der Waals surface area contributed by atoms with Crippen LogP contribution in [0.1, 0.15) is 37.3 Å². The Bertz CT molecular complexity index is 443. The van der Waals surface area contributed by atoms with E-state index in [2.05, 4.69) is 24.9 Å². The molecule has 0 aromatic heterocycles. The fourth-order valence-electron chi connectivity index (χ4n) is 3.76. The lowest BCUT2D eigenvalue weighted by atomic mass is 9.62. The number of phenolic OH excluding ortho intramolecular Hbond substituents is 1. The number of hydrogen-bond acceptors (Lipinski definition) is 2. The maximum atomic E-state index is 9.74. The highest BCUT2D eigenvalue weighted by Crippen LogP contribution is 2.47. The van der Waals surface area contributed by atoms with Crippen LogP contribution in [-0.2, 0) is 11.8 Å². The number of benzene rings is 1. The van der Waals surface area contributed by atoms with Gasteiger partial charge < -0.3 is 10.0 Å². The second-order valence-electron chi connectivity index (χ2n) is 5.77. The number of phenols is 1. The highest BCUT2D eigenvalue weighted by atomic mass is 16.3. The van der Waals surface area contributed by atoms with Gasteiger partial charge in [-0.05, 0) is 68.0 Å². The van der Waals surface area contributed by atoms with Gasteiger partial charge in [-0.1, -0.05) is 13.0 Å². The summed E-state index contributed by atoms with van der Waals surface area (Å²) in [4.78, 5) is 2.50. The number of rotatable bonds is 1. The fourth-order valence-corrected chi connectivity index (χ4v) is 3.76. The zero-order valence-corrected chi connectivity index (χ0v) is 10.7. The van der Waals surface area contributed by atoms with Gasteiger partial charge in [0.1, 0.15) is 5.75 Å². The van der Waals surface area contributed by atoms with E-state index in [0.29, 0.717) is 17.2 Å². The van der Waals surface area contributed by atoms with Crippen molar-refractivity contribution in [1.29, 1.82) is 0 Å². The molecule has 17 heavy (non-hydrogen) atoms. The molecule has 2 aliphatic rings. The van der Waals surface area contributed by atoms with Gasteiger partial charge in [-0.2, -0.15) is 0 Å². The minimum absolute atomic E-state index is 0.323. The SMILES string of the molecule is CC[C@]12CCN(C)[C@H](Cc3ccc(O)cc31)C2. The van der Waals surface area contributed by atoms with Gasteiger partial charge in [0.25, 0.3) is 0 Å². The summed E-state index contributed by atoms with van der Waals surface area (Å²) < 4.78 is 0. The van der Waals surface area contributed by atoms with Crippen LogP contribution in [0.15, 0.2) is 18.2 Å². The molecule has 0 spiro atoms. The average molecular weight is 231 g/mol. The predicted molar refractivity (Wildman–Crippen MR) is 69.4 cm³/mol. The van der Waals surface area contributed by atoms with Crippen LogP contribution in [0.4, 0.5) is 0 Å². The molecule has 2 bridgehead atoms. The van der Waals surface area contributed by atoms with Gasteiger partial charge in [-0.25, -0.2) is 0 Å². The van der Waals surface area contributed by atoms with Gasteiger partial charge >= 0.3 is 0 Å². The van der Waals surface area contributed by atoms with Crippen molar-refractivity contribution < 1.29 is 5.11 Å². The monoisotopic (exact) mass is 231 g/mol. The second-order valence-corrected chi connectivity index (χ2v) is 5.77. The van der Waals surface area contributed by atoms with Gasteiger partial charge in [0, 0.05) is 6.04 Å². The van der Waals surface area contributed by atoms with Crippen LogP contribution in [0, 0.1) is 0 Å². The zero-order valence-electron chi connectivity index (χ0n) is 10.7. The third-order valence-corrected chi connectivity index (χ3v) is 4.99. The molecule has 0 radical (unpaired) electrons. The first kappa shape index (κ1) is 11.1. The van der Waals surface area contributed by atoms with E-state index in [1.165, 1.54) is 36.9 Å². The first-order valence-corrected chi connectivity index (χ1v) is 6.67. The van der Waals surface area contributed by atoms with Crippen molar-refractivity contribution >= 4 is 0 Å². The molecule has 1 aliphatic heterocycles. The van der Waals surface area contributed by atoms with Crippen molar-refractivity contribution in [3.63, 3.8) is 0 Å². The lowest BCUT2D eigenvalue weighted by Gasteiger charge is -2.50. The van der Waals surface area contributed by atoms with Gasteiger partial charge in [0.05, 0.1) is 0 Å². The van der Waals surface area contributed by atoms with E-state index in [4.69, 9.17) is 0 Å². The molecule has 1 saturated heterocycles. The van der Waals surface area contributed by atoms with E-state index in [1.807, 2.05) is 12.1 Å². The van der Waals surface area contributed by atoms with Crippen molar-refractivity contribution in [1.82, 2.24) is 4.90 Å². The van der Waals surface area contributed by atoms with Crippen molar-refractivity contribution in [2.24, 2.45) is 0 Å². The lowest BCUT2D eigenvalue weighted by molar-refractivity contribution is 0.101. The summed E-state index contributed by atoms with van der Waals surface area (Å²) in [6.07, 6.45) is 4.82. The Morgan fingerprint density at radius 1 is 1.47 bits per heavy atom. The predicted octanol–water partition coefficient (Wildman–Crippen LogP) is 2.69. The van der Waals surface area contributed by atoms with Gasteiger partial charge in [-0.3, -0.25) is 0 Å². The quantitative estimate of drug-likeness (QED) is 0.803. The Labute approximate surface area is 103 Å². The fraction of sp³-hybridized carbons (Fsp3) is 0.600. The van der Waals surface area contributed by atoms with E-state index < -0.39 is 0 Å². The summed E-state index contributed by atoms with van der Waals surface area (Å²) in [5, 5.41) is 9.74. The Kier molecular flexibility index (Phi) is 2.44. The van der Waals surface area contributed by atoms with Crippen LogP contribution >= 0.6 is 0 Å². The number of aromatic hydroxyl groups is 1. The summed E-state index contributed by atoms with van der Waals surface area (Å²) in [5.74, 6) is 0.425. The Morgan fingerprint density at radius 2 is 2.29 bits per heavy atom. The van der Waals surface area contributed by atoms with Crippen molar-refractivity contribution in [2.45, 2.75) is 44.1 Å². The molecule has 2 atom stereocenters. The Balaban J connectivity index is 2.12. The molecule has 1 aliphatic carbocycles. The molecular weight excluding hydrogens is 210 g/mol. The van der Waals surface area contributed by atoms with E-state index in [1.54, 1.807) is 0 Å². The van der Waals surface area contributed by atoms with Crippen molar-refractivity contribution in [3.8, 4) is 5.75 Å². The van der Waals surface area contributed by atoms with E-state index in [0.717, 1.165) is 6.42 Å². The molecule has 1 N–H and O–H groups in total. The van der Waals surface area contributed by atoms with Crippen molar-refractivity contribution in [2.75, 3.05) is 13.6 Å². The summed E-state index contributed by atoms with van der Waals surface area (Å²) in [5.41, 5.74) is 3.19. The van der Waals surface area contributed by atoms with Crippen LogP contribution in [0.25, 0.3) is 0 Å². The first-order valence-electron chi connectivity index (χ1n) is 6.67. The smallest absolute Gasteiger partial charge is 0.115 e. The van der Waals surface area contributed by atoms with Crippen molar-refractivity contribution in [3.05, 3.63) is 29.3 Å². The third kappa shape index (κ3) is 1.58. The van der Waals surface area contributed by atoms with Crippen LogP contribution in [0.3, 0.4) is 0 Å². The topological polar surface area (TPSA) is 23.5 Å². The molecule has 1 heterocycles. The molecular formula is C15H21NO. The number of likely N-dealkylation sites (N-methyl/N-ethyl adjacent to an activating group) is 1. The molecule has 1 aromatic rings. The summed E-state index contributed by atoms with van der Waals surface area (Å²) >= 11 is 0. The minimum atomic E-state index is 0.323. The van der Waals surface area contributed by atoms with Crippen LogP contribution in [0.2, 0.25) is 0 Å². The van der Waals surface area contributed by atoms with E-state index in [9.17, 15) is 5.11 Å². The average Bonchev–Trinajstić information content (AvgIpc) is 2.35. The highest BCUT2D eigenvalue weighted by Gasteiger charge is 2.43. The minimum Gasteiger partial charge on any atom is -0.508 e. The molecule has 1 aromatic carbocycles. The summed E-state index contributed by atoms with van der Waals surface area (Å²) in [6.45, 7) is 3.48. The van der Waals surface area contributed by atoms with Gasteiger partial charge in [0.2, 0.25) is 0 Å². The van der Waals surface area contributed by atoms with Gasteiger partial charge in [0.15, 0.2) is 0 Å². The molecule has 92 valence electrons. The molecule has 0 unspecified atom stereocenters. The largest absolute Gasteiger partial charge is 0.508 e. The second kappa shape index (κ2) is 3.74. The number of piperidine rings is 1. The molecule has 0 saturated carbocycles. The summed E-state index contributed by atoms with van der Waals surface area (Å²) in [7, 11) is 2.25. The van der Waals surface area contributed by atoms with E-state index in [-0.39, 0.29) is 0 Å². The maximum absolute atomic E-state index is 9.74. The Morgan fingerprint density at radius 3 is 3.06 bits per heavy atom. The Hall–Kier alpha value is -1.02. The highest BCUT2D eigenvalue weighted by molar-refractivity contribution is 5.43. The molecule has 3 rings (SSSR count). The molecule has 2 nitrogen and oxygen atoms in total. The molecule has 0 amide bonds. The van der Waals surface area contributed by atoms with Crippen LogP contribution < -0.4 is 0 Å². The zero-order chi connectivity index (χ0) is 12.0. The van der Waals surface area contributed by atoms with Gasteiger partial charge in [-0.15, -0.1) is 0 Å². The molecule has 2 heteroatoms. The summed E-state index contributed by atoms with van der Waals surface area (Å²) in [6, 6.07) is 6.67. The third-order valence-electron chi connectivity index (χ3n) is 4.99. The number of fused-ring (bicyclic) bond motifs is 4. The number of hydrogen-bond donors (Lipinski definition) is 1. The first-order chi connectivity index (χ1) is 8.14. The lowest BCUT2D eigenvalue weighted by Crippen LogP contribution is -2.51. The van der Waals surface area contributed by atoms with Crippen LogP contribution in [0.5, 0.6) is 5.75 Å². The number of likely N-dealkylation sites (tertiary alicyclic amines) is 1. The standard InChI is InChI=1S/C15H21NO/c1-3-15-6-7-16(2)12(10-15)8-11-4-5-13(17)9-14(11)15/h4-5,9,12,17H,3,6-8,10H2,1-2H3/t12-,15-/m1/s1.